The van der Waals surface area contributed by atoms with Crippen molar-refractivity contribution in [2.24, 2.45) is 0 Å². The number of nitrogens with one attached hydrogen (secondary N) is 1. The molecule has 1 saturated heterocycles. The first-order chi connectivity index (χ1) is 19.2. The summed E-state index contributed by atoms with van der Waals surface area (Å²) in [7, 11) is 0. The van der Waals surface area contributed by atoms with Crippen molar-refractivity contribution in [2.75, 3.05) is 33.0 Å². The van der Waals surface area contributed by atoms with Gasteiger partial charge in [-0.15, -0.1) is 5.10 Å². The highest BCUT2D eigenvalue weighted by atomic mass is 16.7. The summed E-state index contributed by atoms with van der Waals surface area (Å²) in [6, 6.07) is 12.0. The van der Waals surface area contributed by atoms with Crippen LogP contribution in [-0.4, -0.2) is 68.0 Å². The molecule has 0 spiro atoms. The predicted molar refractivity (Wildman–Crippen MR) is 153 cm³/mol. The molecule has 4 aromatic rings. The summed E-state index contributed by atoms with van der Waals surface area (Å²) in [5.41, 5.74) is 4.65. The highest BCUT2D eigenvalue weighted by Gasteiger charge is 2.35. The van der Waals surface area contributed by atoms with Gasteiger partial charge in [-0.25, -0.2) is 4.68 Å². The number of hydrogen-bond acceptors (Lipinski definition) is 8. The van der Waals surface area contributed by atoms with Crippen LogP contribution in [0.5, 0.6) is 11.5 Å². The van der Waals surface area contributed by atoms with Crippen LogP contribution in [0.25, 0.3) is 10.9 Å². The Kier molecular flexibility index (Phi) is 6.83. The van der Waals surface area contributed by atoms with Gasteiger partial charge in [0.2, 0.25) is 6.79 Å². The molecule has 0 amide bonds. The molecule has 10 heteroatoms. The average Bonchev–Trinajstić information content (AvgIpc) is 3.61. The lowest BCUT2D eigenvalue weighted by atomic mass is 9.98. The van der Waals surface area contributed by atoms with Gasteiger partial charge in [-0.3, -0.25) is 14.6 Å². The number of nitrogens with zero attached hydrogens (tertiary/aromatic N) is 6. The van der Waals surface area contributed by atoms with Gasteiger partial charge in [0.25, 0.3) is 5.56 Å². The molecule has 10 nitrogen and oxygen atoms in total. The molecule has 4 heterocycles. The molecule has 0 radical (unpaired) electrons. The third-order valence-electron chi connectivity index (χ3n) is 8.57. The largest absolute Gasteiger partial charge is 0.454 e. The Morgan fingerprint density at radius 3 is 2.52 bits per heavy atom. The zero-order chi connectivity index (χ0) is 28.0. The van der Waals surface area contributed by atoms with E-state index in [1.165, 1.54) is 11.1 Å². The lowest BCUT2D eigenvalue weighted by Crippen LogP contribution is -2.49. The zero-order valence-corrected chi connectivity index (χ0v) is 23.9. The number of hydrogen-bond donors (Lipinski definition) is 1. The van der Waals surface area contributed by atoms with E-state index in [0.717, 1.165) is 67.1 Å². The van der Waals surface area contributed by atoms with Crippen LogP contribution in [0.15, 0.2) is 41.2 Å². The SMILES string of the molecule is CCC(C)(C)n1nnnc1[C@@H](c1cc2cc(C)c(C)cc2[nH]c1=O)N1CCN(Cc2ccc3c(c2)OCO3)CC1. The van der Waals surface area contributed by atoms with E-state index in [1.54, 1.807) is 0 Å². The molecular formula is C30H37N7O3. The Hall–Kier alpha value is -3.76. The summed E-state index contributed by atoms with van der Waals surface area (Å²) in [5, 5.41) is 14.0. The van der Waals surface area contributed by atoms with Crippen LogP contribution in [0.2, 0.25) is 0 Å². The van der Waals surface area contributed by atoms with Crippen molar-refractivity contribution in [2.45, 2.75) is 59.2 Å². The van der Waals surface area contributed by atoms with E-state index >= 15 is 0 Å². The minimum absolute atomic E-state index is 0.104. The number of piperazine rings is 1. The lowest BCUT2D eigenvalue weighted by Gasteiger charge is -2.39. The van der Waals surface area contributed by atoms with E-state index in [0.29, 0.717) is 11.4 Å². The van der Waals surface area contributed by atoms with Gasteiger partial charge in [0.15, 0.2) is 17.3 Å². The molecule has 2 aliphatic heterocycles. The van der Waals surface area contributed by atoms with E-state index in [-0.39, 0.29) is 23.9 Å². The fraction of sp³-hybridized carbons (Fsp3) is 0.467. The zero-order valence-electron chi connectivity index (χ0n) is 23.9. The molecule has 0 aliphatic carbocycles. The Morgan fingerprint density at radius 1 is 1.00 bits per heavy atom. The summed E-state index contributed by atoms with van der Waals surface area (Å²) in [6.45, 7) is 14.9. The summed E-state index contributed by atoms with van der Waals surface area (Å²) < 4.78 is 12.9. The maximum atomic E-state index is 13.6. The van der Waals surface area contributed by atoms with E-state index in [1.807, 2.05) is 22.9 Å². The van der Waals surface area contributed by atoms with Crippen molar-refractivity contribution in [3.63, 3.8) is 0 Å². The molecule has 0 saturated carbocycles. The molecular weight excluding hydrogens is 506 g/mol. The number of ether oxygens (including phenoxy) is 2. The smallest absolute Gasteiger partial charge is 0.253 e. The van der Waals surface area contributed by atoms with E-state index in [2.05, 4.69) is 83.1 Å². The normalized spacial score (nSPS) is 17.0. The van der Waals surface area contributed by atoms with E-state index in [4.69, 9.17) is 9.47 Å². The first kappa shape index (κ1) is 26.5. The van der Waals surface area contributed by atoms with Crippen LogP contribution in [-0.2, 0) is 12.1 Å². The van der Waals surface area contributed by atoms with Crippen LogP contribution >= 0.6 is 0 Å². The first-order valence-electron chi connectivity index (χ1n) is 14.0. The standard InChI is InChI=1S/C30H37N7O3/c1-6-30(4,5)37-28(32-33-34-37)27(23-16-22-13-19(2)20(3)14-24(22)31-29(23)38)36-11-9-35(10-12-36)17-21-7-8-25-26(15-21)40-18-39-25/h7-8,13-16,27H,6,9-12,17-18H2,1-5H3,(H,31,38)/t27-/m1/s1. The molecule has 2 aromatic heterocycles. The number of pyridine rings is 1. The van der Waals surface area contributed by atoms with Gasteiger partial charge in [-0.1, -0.05) is 13.0 Å². The monoisotopic (exact) mass is 543 g/mol. The minimum atomic E-state index is -0.372. The van der Waals surface area contributed by atoms with Crippen LogP contribution in [0.3, 0.4) is 0 Å². The first-order valence-corrected chi connectivity index (χ1v) is 14.0. The van der Waals surface area contributed by atoms with Gasteiger partial charge in [-0.05, 0) is 97.0 Å². The Bertz CT molecular complexity index is 1600. The molecule has 40 heavy (non-hydrogen) atoms. The van der Waals surface area contributed by atoms with Gasteiger partial charge < -0.3 is 14.5 Å². The molecule has 2 aliphatic rings. The van der Waals surface area contributed by atoms with E-state index < -0.39 is 0 Å². The number of aryl methyl sites for hydroxylation is 2. The maximum absolute atomic E-state index is 13.6. The number of aromatic amines is 1. The molecule has 1 atom stereocenters. The topological polar surface area (TPSA) is 101 Å². The van der Waals surface area contributed by atoms with Gasteiger partial charge >= 0.3 is 0 Å². The number of aromatic nitrogens is 5. The van der Waals surface area contributed by atoms with Crippen LogP contribution in [0.4, 0.5) is 0 Å². The van der Waals surface area contributed by atoms with Crippen molar-refractivity contribution in [1.29, 1.82) is 0 Å². The number of H-pyrrole nitrogens is 1. The second-order valence-corrected chi connectivity index (χ2v) is 11.6. The quantitative estimate of drug-likeness (QED) is 0.374. The summed E-state index contributed by atoms with van der Waals surface area (Å²) in [5.74, 6) is 2.31. The van der Waals surface area contributed by atoms with Gasteiger partial charge in [0.1, 0.15) is 6.04 Å². The van der Waals surface area contributed by atoms with E-state index in [9.17, 15) is 4.79 Å². The summed E-state index contributed by atoms with van der Waals surface area (Å²) in [6.07, 6.45) is 0.855. The van der Waals surface area contributed by atoms with Gasteiger partial charge in [-0.2, -0.15) is 0 Å². The molecule has 0 unspecified atom stereocenters. The summed E-state index contributed by atoms with van der Waals surface area (Å²) >= 11 is 0. The van der Waals surface area contributed by atoms with Crippen LogP contribution in [0, 0.1) is 13.8 Å². The molecule has 0 bridgehead atoms. The van der Waals surface area contributed by atoms with Crippen LogP contribution < -0.4 is 15.0 Å². The lowest BCUT2D eigenvalue weighted by molar-refractivity contribution is 0.0968. The molecule has 1 fully saturated rings. The Labute approximate surface area is 233 Å². The number of benzene rings is 2. The Morgan fingerprint density at radius 2 is 1.75 bits per heavy atom. The maximum Gasteiger partial charge on any atom is 0.253 e. The highest BCUT2D eigenvalue weighted by Crippen LogP contribution is 2.34. The van der Waals surface area contributed by atoms with Crippen molar-refractivity contribution in [3.05, 3.63) is 74.8 Å². The van der Waals surface area contributed by atoms with Crippen molar-refractivity contribution < 1.29 is 9.47 Å². The molecule has 6 rings (SSSR count). The third kappa shape index (κ3) is 4.86. The third-order valence-corrected chi connectivity index (χ3v) is 8.57. The van der Waals surface area contributed by atoms with Crippen molar-refractivity contribution >= 4 is 10.9 Å². The molecule has 210 valence electrons. The minimum Gasteiger partial charge on any atom is -0.454 e. The number of fused-ring (bicyclic) bond motifs is 2. The van der Waals surface area contributed by atoms with Crippen molar-refractivity contribution in [3.8, 4) is 11.5 Å². The second-order valence-electron chi connectivity index (χ2n) is 11.6. The summed E-state index contributed by atoms with van der Waals surface area (Å²) in [4.78, 5) is 21.6. The van der Waals surface area contributed by atoms with Gasteiger partial charge in [0, 0.05) is 43.8 Å². The number of tetrazole rings is 1. The Balaban J connectivity index is 1.33. The fourth-order valence-corrected chi connectivity index (χ4v) is 5.62. The average molecular weight is 544 g/mol. The fourth-order valence-electron chi connectivity index (χ4n) is 5.62. The molecule has 2 aromatic carbocycles. The number of rotatable bonds is 7. The second kappa shape index (κ2) is 10.3. The molecule has 1 N–H and O–H groups in total. The van der Waals surface area contributed by atoms with Crippen molar-refractivity contribution in [1.82, 2.24) is 35.0 Å². The van der Waals surface area contributed by atoms with Gasteiger partial charge in [0.05, 0.1) is 5.54 Å². The predicted octanol–water partition coefficient (Wildman–Crippen LogP) is 3.91. The highest BCUT2D eigenvalue weighted by molar-refractivity contribution is 5.81. The van der Waals surface area contributed by atoms with Crippen LogP contribution in [0.1, 0.15) is 61.3 Å².